The lowest BCUT2D eigenvalue weighted by Crippen LogP contribution is -2.01. The third-order valence-corrected chi connectivity index (χ3v) is 5.19. The molecular weight excluding hydrogens is 439 g/mol. The van der Waals surface area contributed by atoms with Crippen LogP contribution in [0.25, 0.3) is 10.9 Å². The summed E-state index contributed by atoms with van der Waals surface area (Å²) < 4.78 is 24.3. The van der Waals surface area contributed by atoms with Crippen molar-refractivity contribution >= 4 is 23.7 Å². The smallest absolute Gasteiger partial charge is 0.293 e. The van der Waals surface area contributed by atoms with Crippen molar-refractivity contribution in [3.63, 3.8) is 0 Å². The molecule has 1 saturated carbocycles. The molecule has 0 aliphatic heterocycles. The minimum Gasteiger partial charge on any atom is -0.486 e. The highest BCUT2D eigenvalue weighted by molar-refractivity contribution is 5.82. The van der Waals surface area contributed by atoms with Gasteiger partial charge in [0.25, 0.3) is 6.47 Å². The van der Waals surface area contributed by atoms with Gasteiger partial charge in [-0.05, 0) is 62.4 Å². The number of ether oxygens (including phenoxy) is 2. The van der Waals surface area contributed by atoms with E-state index in [1.54, 1.807) is 18.5 Å². The van der Waals surface area contributed by atoms with Crippen molar-refractivity contribution in [2.45, 2.75) is 33.3 Å². The van der Waals surface area contributed by atoms with Gasteiger partial charge in [0.1, 0.15) is 12.9 Å². The maximum absolute atomic E-state index is 14.4. The molecule has 2 unspecified atom stereocenters. The van der Waals surface area contributed by atoms with Crippen molar-refractivity contribution in [1.29, 1.82) is 0 Å². The predicted octanol–water partition coefficient (Wildman–Crippen LogP) is 4.41. The number of hydroxylamine groups is 1. The third-order valence-electron chi connectivity index (χ3n) is 5.19. The van der Waals surface area contributed by atoms with Gasteiger partial charge in [-0.15, -0.1) is 0 Å². The first kappa shape index (κ1) is 26.9. The molecule has 0 radical (unpaired) electrons. The number of benzene rings is 2. The quantitative estimate of drug-likeness (QED) is 0.372. The lowest BCUT2D eigenvalue weighted by molar-refractivity contribution is -0.128. The largest absolute Gasteiger partial charge is 0.486 e. The molecule has 8 heteroatoms. The molecule has 2 atom stereocenters. The molecule has 34 heavy (non-hydrogen) atoms. The van der Waals surface area contributed by atoms with Crippen molar-refractivity contribution in [3.05, 3.63) is 71.2 Å². The summed E-state index contributed by atoms with van der Waals surface area (Å²) in [5.74, 6) is 0.401. The lowest BCUT2D eigenvalue weighted by Gasteiger charge is -2.11. The Bertz CT molecular complexity index is 1080. The monoisotopic (exact) mass is 470 g/mol. The van der Waals surface area contributed by atoms with Crippen molar-refractivity contribution in [2.75, 3.05) is 13.7 Å². The van der Waals surface area contributed by atoms with E-state index >= 15 is 0 Å². The number of hydrogen-bond donors (Lipinski definition) is 2. The van der Waals surface area contributed by atoms with Gasteiger partial charge in [0.2, 0.25) is 0 Å². The van der Waals surface area contributed by atoms with Crippen LogP contribution >= 0.6 is 0 Å². The zero-order chi connectivity index (χ0) is 24.9. The molecule has 0 saturated heterocycles. The van der Waals surface area contributed by atoms with Gasteiger partial charge in [-0.25, -0.2) is 9.87 Å². The number of hydrogen-bond acceptors (Lipinski definition) is 7. The van der Waals surface area contributed by atoms with Gasteiger partial charge >= 0.3 is 0 Å². The normalized spacial score (nSPS) is 15.8. The number of aldehydes is 1. The molecule has 1 aliphatic rings. The molecule has 2 N–H and O–H groups in total. The molecule has 1 aliphatic carbocycles. The Morgan fingerprint density at radius 1 is 1.21 bits per heavy atom. The van der Waals surface area contributed by atoms with E-state index in [0.717, 1.165) is 46.9 Å². The summed E-state index contributed by atoms with van der Waals surface area (Å²) in [6.07, 6.45) is 2.66. The number of pyridine rings is 1. The van der Waals surface area contributed by atoms with E-state index < -0.39 is 0 Å². The Hall–Kier alpha value is -3.36. The number of aromatic nitrogens is 1. The zero-order valence-corrected chi connectivity index (χ0v) is 19.7. The third kappa shape index (κ3) is 8.20. The number of para-hydroxylation sites is 1. The van der Waals surface area contributed by atoms with Gasteiger partial charge in [-0.1, -0.05) is 24.3 Å². The Morgan fingerprint density at radius 2 is 1.94 bits per heavy atom. The first-order valence-corrected chi connectivity index (χ1v) is 11.0. The molecule has 1 fully saturated rings. The van der Waals surface area contributed by atoms with Crippen LogP contribution in [0.1, 0.15) is 30.2 Å². The van der Waals surface area contributed by atoms with E-state index in [9.17, 15) is 14.0 Å². The predicted molar refractivity (Wildman–Crippen MR) is 127 cm³/mol. The van der Waals surface area contributed by atoms with E-state index in [1.807, 2.05) is 43.3 Å². The highest BCUT2D eigenvalue weighted by atomic mass is 19.1. The molecule has 0 spiro atoms. The SMILES string of the molecule is CCOC=O.CNO.Cc1cc(COc2ccc(CC3CC3C=O)cc2F)c2ccccc2n1. The molecule has 0 bridgehead atoms. The van der Waals surface area contributed by atoms with Crippen molar-refractivity contribution < 1.29 is 28.7 Å². The highest BCUT2D eigenvalue weighted by Crippen LogP contribution is 2.39. The van der Waals surface area contributed by atoms with Crippen LogP contribution in [0.2, 0.25) is 0 Å². The van der Waals surface area contributed by atoms with Crippen molar-refractivity contribution in [1.82, 2.24) is 10.5 Å². The summed E-state index contributed by atoms with van der Waals surface area (Å²) in [6.45, 7) is 4.89. The number of carbonyl (C=O) groups is 2. The van der Waals surface area contributed by atoms with Crippen LogP contribution in [-0.4, -0.2) is 36.6 Å². The molecule has 1 heterocycles. The van der Waals surface area contributed by atoms with Crippen LogP contribution in [0.3, 0.4) is 0 Å². The van der Waals surface area contributed by atoms with Gasteiger partial charge in [-0.2, -0.15) is 0 Å². The van der Waals surface area contributed by atoms with Crippen LogP contribution in [0, 0.1) is 24.6 Å². The second-order valence-corrected chi connectivity index (χ2v) is 7.77. The Labute approximate surface area is 198 Å². The number of fused-ring (bicyclic) bond motifs is 1. The first-order valence-electron chi connectivity index (χ1n) is 11.0. The van der Waals surface area contributed by atoms with Crippen molar-refractivity contribution in [3.8, 4) is 5.75 Å². The summed E-state index contributed by atoms with van der Waals surface area (Å²) in [7, 11) is 1.43. The van der Waals surface area contributed by atoms with E-state index in [1.165, 1.54) is 13.1 Å². The summed E-state index contributed by atoms with van der Waals surface area (Å²) in [5, 5.41) is 8.34. The van der Waals surface area contributed by atoms with E-state index in [-0.39, 0.29) is 24.1 Å². The Kier molecular flexibility index (Phi) is 11.1. The molecule has 7 nitrogen and oxygen atoms in total. The highest BCUT2D eigenvalue weighted by Gasteiger charge is 2.36. The molecule has 182 valence electrons. The minimum atomic E-state index is -0.360. The number of halogens is 1. The van der Waals surface area contributed by atoms with Gasteiger partial charge in [-0.3, -0.25) is 9.78 Å². The van der Waals surface area contributed by atoms with E-state index in [2.05, 4.69) is 9.72 Å². The second kappa shape index (κ2) is 14.0. The van der Waals surface area contributed by atoms with Crippen LogP contribution in [0.15, 0.2) is 48.5 Å². The fraction of sp³-hybridized carbons (Fsp3) is 0.346. The lowest BCUT2D eigenvalue weighted by atomic mass is 10.1. The maximum atomic E-state index is 14.4. The van der Waals surface area contributed by atoms with Gasteiger partial charge in [0.05, 0.1) is 12.1 Å². The number of nitrogens with zero attached hydrogens (tertiary/aromatic N) is 1. The van der Waals surface area contributed by atoms with Gasteiger partial charge in [0, 0.05) is 29.6 Å². The summed E-state index contributed by atoms with van der Waals surface area (Å²) in [6, 6.07) is 14.9. The molecule has 1 aromatic heterocycles. The van der Waals surface area contributed by atoms with Crippen LogP contribution < -0.4 is 10.2 Å². The topological polar surface area (TPSA) is 97.8 Å². The number of nitrogens with one attached hydrogen (secondary N) is 1. The summed E-state index contributed by atoms with van der Waals surface area (Å²) in [4.78, 5) is 24.4. The average molecular weight is 471 g/mol. The summed E-state index contributed by atoms with van der Waals surface area (Å²) >= 11 is 0. The second-order valence-electron chi connectivity index (χ2n) is 7.77. The van der Waals surface area contributed by atoms with Crippen LogP contribution in [0.5, 0.6) is 5.75 Å². The molecule has 3 aromatic rings. The number of aryl methyl sites for hydroxylation is 1. The fourth-order valence-electron chi connectivity index (χ4n) is 3.50. The minimum absolute atomic E-state index is 0.150. The van der Waals surface area contributed by atoms with Crippen LogP contribution in [0.4, 0.5) is 4.39 Å². The first-order chi connectivity index (χ1) is 16.5. The standard InChI is InChI=1S/C22H20FNO2.C3H6O2.CH5NO/c1-14-8-18(19-4-2-3-5-21(19)24-14)13-26-22-7-6-15(10-20(22)23)9-16-11-17(16)12-25;1-2-5-3-4;1-2-3/h2-8,10,12,16-17H,9,11,13H2,1H3;3H,2H2,1H3;2-3H,1H3. The fourth-order valence-corrected chi connectivity index (χ4v) is 3.50. The molecule has 4 rings (SSSR count). The summed E-state index contributed by atoms with van der Waals surface area (Å²) in [5.41, 5.74) is 5.47. The average Bonchev–Trinajstić information content (AvgIpc) is 3.58. The zero-order valence-electron chi connectivity index (χ0n) is 19.7. The number of rotatable bonds is 8. The van der Waals surface area contributed by atoms with Gasteiger partial charge < -0.3 is 19.5 Å². The Balaban J connectivity index is 0.000000447. The Morgan fingerprint density at radius 3 is 2.53 bits per heavy atom. The van der Waals surface area contributed by atoms with Gasteiger partial charge in [0.15, 0.2) is 11.6 Å². The van der Waals surface area contributed by atoms with E-state index in [0.29, 0.717) is 19.0 Å². The molecular formula is C26H31FN2O5. The number of carbonyl (C=O) groups excluding carboxylic acids is 2. The molecule has 2 aromatic carbocycles. The van der Waals surface area contributed by atoms with Crippen molar-refractivity contribution in [2.24, 2.45) is 11.8 Å². The van der Waals surface area contributed by atoms with E-state index in [4.69, 9.17) is 9.94 Å². The van der Waals surface area contributed by atoms with Crippen LogP contribution in [-0.2, 0) is 27.4 Å². The maximum Gasteiger partial charge on any atom is 0.293 e. The molecule has 0 amide bonds.